The Morgan fingerprint density at radius 2 is 1.79 bits per heavy atom. The Hall–Kier alpha value is -0.530. The number of unbranched alkanes of at least 4 members (excludes halogenated alkanes) is 5. The second kappa shape index (κ2) is 7.91. The van der Waals surface area contributed by atoms with Crippen molar-refractivity contribution in [3.05, 3.63) is 35.2 Å². The van der Waals surface area contributed by atoms with Crippen molar-refractivity contribution in [1.29, 1.82) is 0 Å². The zero-order valence-electron chi connectivity index (χ0n) is 11.7. The molecule has 1 unspecified atom stereocenters. The third kappa shape index (κ3) is 4.22. The van der Waals surface area contributed by atoms with Gasteiger partial charge in [-0.25, -0.2) is 0 Å². The number of hydrogen-bond acceptors (Lipinski definition) is 1. The van der Waals surface area contributed by atoms with E-state index in [1.807, 2.05) is 11.3 Å². The average molecular weight is 295 g/mol. The van der Waals surface area contributed by atoms with Gasteiger partial charge in [0.25, 0.3) is 0 Å². The van der Waals surface area contributed by atoms with Crippen molar-refractivity contribution in [3.63, 3.8) is 0 Å². The summed E-state index contributed by atoms with van der Waals surface area (Å²) < 4.78 is 1.35. The number of rotatable bonds is 8. The lowest BCUT2D eigenvalue weighted by Gasteiger charge is -2.08. The van der Waals surface area contributed by atoms with Crippen LogP contribution in [0.5, 0.6) is 0 Å². The first-order chi connectivity index (χ1) is 9.33. The molecule has 0 aliphatic carbocycles. The number of thiophene rings is 1. The molecule has 0 nitrogen and oxygen atoms in total. The van der Waals surface area contributed by atoms with Crippen LogP contribution in [0.15, 0.2) is 29.6 Å². The van der Waals surface area contributed by atoms with E-state index in [1.54, 1.807) is 0 Å². The summed E-state index contributed by atoms with van der Waals surface area (Å²) in [6, 6.07) is 8.57. The largest absolute Gasteiger partial charge is 0.143 e. The van der Waals surface area contributed by atoms with Crippen molar-refractivity contribution < 1.29 is 0 Å². The van der Waals surface area contributed by atoms with E-state index in [9.17, 15) is 0 Å². The van der Waals surface area contributed by atoms with Gasteiger partial charge >= 0.3 is 0 Å². The van der Waals surface area contributed by atoms with Crippen LogP contribution in [-0.4, -0.2) is 0 Å². The van der Waals surface area contributed by atoms with Gasteiger partial charge in [0, 0.05) is 4.70 Å². The molecule has 0 fully saturated rings. The van der Waals surface area contributed by atoms with E-state index in [1.165, 1.54) is 54.2 Å². The minimum absolute atomic E-state index is 0.183. The highest BCUT2D eigenvalue weighted by Crippen LogP contribution is 2.36. The number of halogens is 1. The monoisotopic (exact) mass is 294 g/mol. The van der Waals surface area contributed by atoms with E-state index in [-0.39, 0.29) is 5.38 Å². The highest BCUT2D eigenvalue weighted by Gasteiger charge is 2.12. The van der Waals surface area contributed by atoms with Gasteiger partial charge in [0.15, 0.2) is 0 Å². The summed E-state index contributed by atoms with van der Waals surface area (Å²) in [6.45, 7) is 2.26. The Morgan fingerprint density at radius 1 is 1.05 bits per heavy atom. The predicted molar refractivity (Wildman–Crippen MR) is 88.4 cm³/mol. The van der Waals surface area contributed by atoms with Crippen molar-refractivity contribution in [3.8, 4) is 0 Å². The zero-order chi connectivity index (χ0) is 13.5. The topological polar surface area (TPSA) is 0 Å². The molecule has 1 atom stereocenters. The maximum atomic E-state index is 6.57. The quantitative estimate of drug-likeness (QED) is 0.366. The molecule has 0 bridgehead atoms. The highest BCUT2D eigenvalue weighted by molar-refractivity contribution is 7.17. The van der Waals surface area contributed by atoms with Crippen LogP contribution in [0.4, 0.5) is 0 Å². The van der Waals surface area contributed by atoms with Crippen LogP contribution >= 0.6 is 22.9 Å². The molecule has 1 aromatic carbocycles. The molecule has 0 saturated carbocycles. The molecule has 0 aliphatic rings. The van der Waals surface area contributed by atoms with Crippen molar-refractivity contribution in [1.82, 2.24) is 0 Å². The van der Waals surface area contributed by atoms with Gasteiger partial charge in [0.1, 0.15) is 0 Å². The lowest BCUT2D eigenvalue weighted by molar-refractivity contribution is 0.585. The molecular weight excluding hydrogens is 272 g/mol. The zero-order valence-corrected chi connectivity index (χ0v) is 13.3. The van der Waals surface area contributed by atoms with E-state index in [0.717, 1.165) is 6.42 Å². The molecule has 19 heavy (non-hydrogen) atoms. The Bertz CT molecular complexity index is 489. The third-order valence-electron chi connectivity index (χ3n) is 3.66. The molecular formula is C17H23ClS. The van der Waals surface area contributed by atoms with E-state index < -0.39 is 0 Å². The standard InChI is InChI=1S/C17H23ClS/c1-2-3-4-5-6-7-11-16(18)15-13-19-17-12-9-8-10-14(15)17/h8-10,12-13,16H,2-7,11H2,1H3. The Labute approximate surface area is 125 Å². The van der Waals surface area contributed by atoms with E-state index in [4.69, 9.17) is 11.6 Å². The number of alkyl halides is 1. The lowest BCUT2D eigenvalue weighted by atomic mass is 10.0. The first-order valence-corrected chi connectivity index (χ1v) is 8.74. The summed E-state index contributed by atoms with van der Waals surface area (Å²) in [6.07, 6.45) is 9.12. The van der Waals surface area contributed by atoms with E-state index in [0.29, 0.717) is 0 Å². The molecule has 0 N–H and O–H groups in total. The normalized spacial score (nSPS) is 12.9. The number of fused-ring (bicyclic) bond motifs is 1. The second-order valence-corrected chi connectivity index (χ2v) is 6.65. The van der Waals surface area contributed by atoms with Crippen molar-refractivity contribution >= 4 is 33.0 Å². The summed E-state index contributed by atoms with van der Waals surface area (Å²) in [5.41, 5.74) is 1.33. The minimum atomic E-state index is 0.183. The predicted octanol–water partition coefficient (Wildman–Crippen LogP) is 6.93. The molecule has 1 aromatic heterocycles. The molecule has 0 saturated heterocycles. The first kappa shape index (κ1) is 14.9. The van der Waals surface area contributed by atoms with Gasteiger partial charge in [-0.1, -0.05) is 63.6 Å². The van der Waals surface area contributed by atoms with Crippen LogP contribution in [0.1, 0.15) is 62.8 Å². The second-order valence-electron chi connectivity index (χ2n) is 5.21. The van der Waals surface area contributed by atoms with Gasteiger partial charge in [0.05, 0.1) is 5.38 Å². The third-order valence-corrected chi connectivity index (χ3v) is 5.09. The summed E-state index contributed by atoms with van der Waals surface area (Å²) in [5, 5.41) is 3.76. The van der Waals surface area contributed by atoms with Crippen molar-refractivity contribution in [2.75, 3.05) is 0 Å². The minimum Gasteiger partial charge on any atom is -0.143 e. The Balaban J connectivity index is 1.81. The van der Waals surface area contributed by atoms with Gasteiger partial charge in [-0.2, -0.15) is 0 Å². The van der Waals surface area contributed by atoms with E-state index in [2.05, 4.69) is 36.6 Å². The SMILES string of the molecule is CCCCCCCCC(Cl)c1csc2ccccc12. The molecule has 0 aliphatic heterocycles. The number of hydrogen-bond donors (Lipinski definition) is 0. The molecule has 104 valence electrons. The summed E-state index contributed by atoms with van der Waals surface area (Å²) in [4.78, 5) is 0. The van der Waals surface area contributed by atoms with E-state index >= 15 is 0 Å². The lowest BCUT2D eigenvalue weighted by Crippen LogP contribution is -1.89. The van der Waals surface area contributed by atoms with Crippen LogP contribution < -0.4 is 0 Å². The molecule has 0 spiro atoms. The fourth-order valence-electron chi connectivity index (χ4n) is 2.50. The van der Waals surface area contributed by atoms with Crippen LogP contribution in [0, 0.1) is 0 Å². The molecule has 0 amide bonds. The first-order valence-electron chi connectivity index (χ1n) is 7.43. The molecule has 2 aromatic rings. The molecule has 2 heteroatoms. The number of benzene rings is 1. The van der Waals surface area contributed by atoms with Gasteiger partial charge in [-0.05, 0) is 28.8 Å². The van der Waals surface area contributed by atoms with Gasteiger partial charge < -0.3 is 0 Å². The Morgan fingerprint density at radius 3 is 2.63 bits per heavy atom. The fourth-order valence-corrected chi connectivity index (χ4v) is 3.93. The van der Waals surface area contributed by atoms with Gasteiger partial charge in [0.2, 0.25) is 0 Å². The molecule has 0 radical (unpaired) electrons. The molecule has 1 heterocycles. The summed E-state index contributed by atoms with van der Waals surface area (Å²) in [7, 11) is 0. The van der Waals surface area contributed by atoms with Crippen LogP contribution in [0.2, 0.25) is 0 Å². The summed E-state index contributed by atoms with van der Waals surface area (Å²) in [5.74, 6) is 0. The van der Waals surface area contributed by atoms with Gasteiger partial charge in [-0.3, -0.25) is 0 Å². The highest BCUT2D eigenvalue weighted by atomic mass is 35.5. The van der Waals surface area contributed by atoms with Crippen LogP contribution in [-0.2, 0) is 0 Å². The maximum absolute atomic E-state index is 6.57. The Kier molecular flexibility index (Phi) is 6.19. The average Bonchev–Trinajstić information content (AvgIpc) is 2.86. The fraction of sp³-hybridized carbons (Fsp3) is 0.529. The van der Waals surface area contributed by atoms with Crippen molar-refractivity contribution in [2.45, 2.75) is 57.2 Å². The van der Waals surface area contributed by atoms with Crippen LogP contribution in [0.25, 0.3) is 10.1 Å². The van der Waals surface area contributed by atoms with Gasteiger partial charge in [-0.15, -0.1) is 22.9 Å². The summed E-state index contributed by atoms with van der Waals surface area (Å²) >= 11 is 8.38. The van der Waals surface area contributed by atoms with Crippen LogP contribution in [0.3, 0.4) is 0 Å². The maximum Gasteiger partial charge on any atom is 0.0599 e. The smallest absolute Gasteiger partial charge is 0.0599 e. The molecule has 2 rings (SSSR count). The van der Waals surface area contributed by atoms with Crippen molar-refractivity contribution in [2.24, 2.45) is 0 Å².